The molecule has 0 spiro atoms. The molecular formula is C16H14FNO4. The van der Waals surface area contributed by atoms with Crippen LogP contribution in [0.15, 0.2) is 42.5 Å². The van der Waals surface area contributed by atoms with E-state index in [-0.39, 0.29) is 17.9 Å². The number of amides is 1. The molecule has 0 radical (unpaired) electrons. The van der Waals surface area contributed by atoms with Gasteiger partial charge in [0.15, 0.2) is 0 Å². The van der Waals surface area contributed by atoms with Gasteiger partial charge in [0.1, 0.15) is 23.7 Å². The molecule has 0 bridgehead atoms. The highest BCUT2D eigenvalue weighted by atomic mass is 19.1. The fourth-order valence-corrected chi connectivity index (χ4v) is 1.93. The maximum atomic E-state index is 13.6. The summed E-state index contributed by atoms with van der Waals surface area (Å²) in [6, 6.07) is 10.6. The number of rotatable bonds is 5. The standard InChI is InChI=1S/C16H14FNO4/c1-21-16(20)11-5-2-4-10(8-11)9-22-13-7-3-6-12(17)14(13)15(18)19/h2-8H,9H2,1H3,(H2,18,19). The van der Waals surface area contributed by atoms with E-state index in [2.05, 4.69) is 4.74 Å². The molecule has 22 heavy (non-hydrogen) atoms. The lowest BCUT2D eigenvalue weighted by Gasteiger charge is -2.10. The van der Waals surface area contributed by atoms with Crippen molar-refractivity contribution in [3.63, 3.8) is 0 Å². The first-order chi connectivity index (χ1) is 10.5. The van der Waals surface area contributed by atoms with Crippen molar-refractivity contribution in [2.75, 3.05) is 7.11 Å². The first kappa shape index (κ1) is 15.5. The summed E-state index contributed by atoms with van der Waals surface area (Å²) in [7, 11) is 1.29. The van der Waals surface area contributed by atoms with E-state index in [0.29, 0.717) is 11.1 Å². The molecule has 2 aromatic carbocycles. The van der Waals surface area contributed by atoms with Gasteiger partial charge in [-0.3, -0.25) is 4.79 Å². The lowest BCUT2D eigenvalue weighted by molar-refractivity contribution is 0.0600. The number of primary amides is 1. The summed E-state index contributed by atoms with van der Waals surface area (Å²) in [5.74, 6) is -2.06. The SMILES string of the molecule is COC(=O)c1cccc(COc2cccc(F)c2C(N)=O)c1. The maximum Gasteiger partial charge on any atom is 0.337 e. The van der Waals surface area contributed by atoms with Crippen LogP contribution in [-0.2, 0) is 11.3 Å². The van der Waals surface area contributed by atoms with Gasteiger partial charge in [-0.1, -0.05) is 18.2 Å². The van der Waals surface area contributed by atoms with Crippen molar-refractivity contribution in [1.82, 2.24) is 0 Å². The van der Waals surface area contributed by atoms with Gasteiger partial charge in [-0.15, -0.1) is 0 Å². The Kier molecular flexibility index (Phi) is 4.73. The average Bonchev–Trinajstić information content (AvgIpc) is 2.52. The molecule has 0 saturated carbocycles. The Morgan fingerprint density at radius 1 is 1.18 bits per heavy atom. The molecule has 2 aromatic rings. The minimum atomic E-state index is -0.906. The van der Waals surface area contributed by atoms with Gasteiger partial charge in [0.25, 0.3) is 5.91 Å². The molecular weight excluding hydrogens is 289 g/mol. The molecule has 0 heterocycles. The van der Waals surface area contributed by atoms with Crippen LogP contribution in [0.1, 0.15) is 26.3 Å². The monoisotopic (exact) mass is 303 g/mol. The number of esters is 1. The summed E-state index contributed by atoms with van der Waals surface area (Å²) in [5.41, 5.74) is 5.89. The van der Waals surface area contributed by atoms with Gasteiger partial charge >= 0.3 is 5.97 Å². The Hall–Kier alpha value is -2.89. The van der Waals surface area contributed by atoms with Crippen LogP contribution < -0.4 is 10.5 Å². The number of halogens is 1. The quantitative estimate of drug-likeness (QED) is 0.860. The van der Waals surface area contributed by atoms with Gasteiger partial charge in [0, 0.05) is 0 Å². The number of hydrogen-bond acceptors (Lipinski definition) is 4. The first-order valence-electron chi connectivity index (χ1n) is 6.41. The molecule has 114 valence electrons. The van der Waals surface area contributed by atoms with Crippen molar-refractivity contribution >= 4 is 11.9 Å². The average molecular weight is 303 g/mol. The molecule has 1 amide bonds. The molecule has 2 rings (SSSR count). The van der Waals surface area contributed by atoms with Gasteiger partial charge in [-0.05, 0) is 29.8 Å². The van der Waals surface area contributed by atoms with Gasteiger partial charge in [-0.2, -0.15) is 0 Å². The van der Waals surface area contributed by atoms with E-state index >= 15 is 0 Å². The van der Waals surface area contributed by atoms with Gasteiger partial charge in [0.2, 0.25) is 0 Å². The van der Waals surface area contributed by atoms with Crippen LogP contribution in [0.2, 0.25) is 0 Å². The predicted molar refractivity (Wildman–Crippen MR) is 77.0 cm³/mol. The van der Waals surface area contributed by atoms with Crippen molar-refractivity contribution in [1.29, 1.82) is 0 Å². The van der Waals surface area contributed by atoms with Crippen LogP contribution in [0.25, 0.3) is 0 Å². The third kappa shape index (κ3) is 3.41. The van der Waals surface area contributed by atoms with Crippen LogP contribution in [0.3, 0.4) is 0 Å². The highest BCUT2D eigenvalue weighted by Gasteiger charge is 2.15. The lowest BCUT2D eigenvalue weighted by Crippen LogP contribution is -2.15. The summed E-state index contributed by atoms with van der Waals surface area (Å²) >= 11 is 0. The fraction of sp³-hybridized carbons (Fsp3) is 0.125. The third-order valence-electron chi connectivity index (χ3n) is 2.96. The fourth-order valence-electron chi connectivity index (χ4n) is 1.93. The first-order valence-corrected chi connectivity index (χ1v) is 6.41. The van der Waals surface area contributed by atoms with E-state index in [1.807, 2.05) is 0 Å². The van der Waals surface area contributed by atoms with Crippen molar-refractivity contribution in [2.45, 2.75) is 6.61 Å². The smallest absolute Gasteiger partial charge is 0.337 e. The zero-order chi connectivity index (χ0) is 16.1. The van der Waals surface area contributed by atoms with Crippen LogP contribution in [0, 0.1) is 5.82 Å². The summed E-state index contributed by atoms with van der Waals surface area (Å²) in [5, 5.41) is 0. The second kappa shape index (κ2) is 6.71. The molecule has 5 nitrogen and oxygen atoms in total. The third-order valence-corrected chi connectivity index (χ3v) is 2.96. The predicted octanol–water partition coefficient (Wildman–Crippen LogP) is 2.29. The minimum absolute atomic E-state index is 0.0502. The van der Waals surface area contributed by atoms with Gasteiger partial charge in [-0.25, -0.2) is 9.18 Å². The molecule has 0 aliphatic heterocycles. The zero-order valence-electron chi connectivity index (χ0n) is 11.8. The lowest BCUT2D eigenvalue weighted by atomic mass is 10.1. The topological polar surface area (TPSA) is 78.6 Å². The maximum absolute atomic E-state index is 13.6. The van der Waals surface area contributed by atoms with E-state index in [4.69, 9.17) is 10.5 Å². The minimum Gasteiger partial charge on any atom is -0.488 e. The number of carbonyl (C=O) groups is 2. The summed E-state index contributed by atoms with van der Waals surface area (Å²) in [6.45, 7) is 0.0502. The molecule has 0 saturated heterocycles. The highest BCUT2D eigenvalue weighted by molar-refractivity contribution is 5.95. The molecule has 0 aliphatic rings. The molecule has 0 atom stereocenters. The van der Waals surface area contributed by atoms with Gasteiger partial charge in [0.05, 0.1) is 12.7 Å². The number of carbonyl (C=O) groups excluding carboxylic acids is 2. The number of nitrogens with two attached hydrogens (primary N) is 1. The molecule has 0 unspecified atom stereocenters. The summed E-state index contributed by atoms with van der Waals surface area (Å²) in [4.78, 5) is 22.7. The number of hydrogen-bond donors (Lipinski definition) is 1. The second-order valence-corrected chi connectivity index (χ2v) is 4.46. The van der Waals surface area contributed by atoms with Crippen LogP contribution in [0.5, 0.6) is 5.75 Å². The van der Waals surface area contributed by atoms with Crippen LogP contribution >= 0.6 is 0 Å². The molecule has 2 N–H and O–H groups in total. The van der Waals surface area contributed by atoms with Crippen molar-refractivity contribution < 1.29 is 23.5 Å². The van der Waals surface area contributed by atoms with E-state index in [0.717, 1.165) is 6.07 Å². The molecule has 6 heteroatoms. The Morgan fingerprint density at radius 2 is 1.91 bits per heavy atom. The highest BCUT2D eigenvalue weighted by Crippen LogP contribution is 2.22. The Morgan fingerprint density at radius 3 is 2.59 bits per heavy atom. The summed E-state index contributed by atoms with van der Waals surface area (Å²) < 4.78 is 23.7. The van der Waals surface area contributed by atoms with Crippen molar-refractivity contribution in [2.24, 2.45) is 5.73 Å². The van der Waals surface area contributed by atoms with Crippen LogP contribution in [-0.4, -0.2) is 19.0 Å². The molecule has 0 fully saturated rings. The number of ether oxygens (including phenoxy) is 2. The van der Waals surface area contributed by atoms with Crippen LogP contribution in [0.4, 0.5) is 4.39 Å². The normalized spacial score (nSPS) is 10.1. The Balaban J connectivity index is 2.19. The molecule has 0 aromatic heterocycles. The number of benzene rings is 2. The van der Waals surface area contributed by atoms with Gasteiger partial charge < -0.3 is 15.2 Å². The zero-order valence-corrected chi connectivity index (χ0v) is 11.8. The molecule has 0 aliphatic carbocycles. The Labute approximate surface area is 126 Å². The van der Waals surface area contributed by atoms with E-state index in [9.17, 15) is 14.0 Å². The Bertz CT molecular complexity index is 715. The van der Waals surface area contributed by atoms with Crippen molar-refractivity contribution in [3.8, 4) is 5.75 Å². The summed E-state index contributed by atoms with van der Waals surface area (Å²) in [6.07, 6.45) is 0. The van der Waals surface area contributed by atoms with E-state index in [1.54, 1.807) is 24.3 Å². The second-order valence-electron chi connectivity index (χ2n) is 4.46. The number of methoxy groups -OCH3 is 1. The largest absolute Gasteiger partial charge is 0.488 e. The van der Waals surface area contributed by atoms with Crippen molar-refractivity contribution in [3.05, 3.63) is 65.0 Å². The van der Waals surface area contributed by atoms with E-state index < -0.39 is 17.7 Å². The van der Waals surface area contributed by atoms with E-state index in [1.165, 1.54) is 19.2 Å².